The molecular formula is C23H30N6. The van der Waals surface area contributed by atoms with Crippen molar-refractivity contribution in [2.75, 3.05) is 26.0 Å². The van der Waals surface area contributed by atoms with Gasteiger partial charge in [-0.1, -0.05) is 30.3 Å². The van der Waals surface area contributed by atoms with Gasteiger partial charge < -0.3 is 15.5 Å². The van der Waals surface area contributed by atoms with E-state index in [1.807, 2.05) is 31.8 Å². The van der Waals surface area contributed by atoms with Gasteiger partial charge in [-0.15, -0.1) is 0 Å². The van der Waals surface area contributed by atoms with Crippen molar-refractivity contribution in [1.82, 2.24) is 20.4 Å². The fraction of sp³-hybridized carbons (Fsp3) is 0.304. The third-order valence-electron chi connectivity index (χ3n) is 4.79. The first-order chi connectivity index (χ1) is 14.0. The van der Waals surface area contributed by atoms with E-state index < -0.39 is 0 Å². The second kappa shape index (κ2) is 9.28. The molecule has 0 aliphatic rings. The van der Waals surface area contributed by atoms with E-state index in [2.05, 4.69) is 81.1 Å². The predicted molar refractivity (Wildman–Crippen MR) is 121 cm³/mol. The van der Waals surface area contributed by atoms with Gasteiger partial charge in [0.2, 0.25) is 0 Å². The highest BCUT2D eigenvalue weighted by Gasteiger charge is 2.09. The van der Waals surface area contributed by atoms with Gasteiger partial charge in [-0.05, 0) is 49.2 Å². The summed E-state index contributed by atoms with van der Waals surface area (Å²) in [5, 5.41) is 11.4. The maximum absolute atomic E-state index is 4.63. The fourth-order valence-corrected chi connectivity index (χ4v) is 3.27. The smallest absolute Gasteiger partial charge is 0.191 e. The van der Waals surface area contributed by atoms with Gasteiger partial charge >= 0.3 is 0 Å². The second-order valence-corrected chi connectivity index (χ2v) is 7.31. The van der Waals surface area contributed by atoms with Gasteiger partial charge in [0.05, 0.1) is 11.4 Å². The number of anilines is 1. The molecule has 0 fully saturated rings. The average molecular weight is 391 g/mol. The summed E-state index contributed by atoms with van der Waals surface area (Å²) >= 11 is 0. The normalized spacial score (nSPS) is 11.4. The van der Waals surface area contributed by atoms with E-state index in [1.165, 1.54) is 11.3 Å². The monoisotopic (exact) mass is 390 g/mol. The van der Waals surface area contributed by atoms with Crippen molar-refractivity contribution < 1.29 is 0 Å². The predicted octanol–water partition coefficient (Wildman–Crippen LogP) is 3.42. The molecule has 1 heterocycles. The molecule has 0 atom stereocenters. The molecule has 6 nitrogen and oxygen atoms in total. The maximum Gasteiger partial charge on any atom is 0.191 e. The fourth-order valence-electron chi connectivity index (χ4n) is 3.27. The summed E-state index contributed by atoms with van der Waals surface area (Å²) in [6, 6.07) is 18.9. The van der Waals surface area contributed by atoms with Crippen LogP contribution in [0.5, 0.6) is 0 Å². The Bertz CT molecular complexity index is 987. The Kier molecular flexibility index (Phi) is 6.54. The van der Waals surface area contributed by atoms with Crippen LogP contribution in [0.1, 0.15) is 22.5 Å². The summed E-state index contributed by atoms with van der Waals surface area (Å²) in [7, 11) is 5.89. The van der Waals surface area contributed by atoms with E-state index in [0.29, 0.717) is 13.1 Å². The number of nitrogens with one attached hydrogen (secondary N) is 2. The molecule has 0 unspecified atom stereocenters. The zero-order valence-corrected chi connectivity index (χ0v) is 17.9. The van der Waals surface area contributed by atoms with Crippen molar-refractivity contribution >= 4 is 11.6 Å². The van der Waals surface area contributed by atoms with Gasteiger partial charge in [0.1, 0.15) is 0 Å². The number of para-hydroxylation sites is 1. The molecule has 3 rings (SSSR count). The lowest BCUT2D eigenvalue weighted by molar-refractivity contribution is 0.781. The van der Waals surface area contributed by atoms with Crippen LogP contribution in [-0.4, -0.2) is 36.9 Å². The lowest BCUT2D eigenvalue weighted by Crippen LogP contribution is -2.36. The highest BCUT2D eigenvalue weighted by Crippen LogP contribution is 2.17. The van der Waals surface area contributed by atoms with Crippen LogP contribution in [0.15, 0.2) is 59.6 Å². The number of hydrogen-bond acceptors (Lipinski definition) is 3. The Hall–Kier alpha value is -3.28. The molecular weight excluding hydrogens is 360 g/mol. The SMILES string of the molecule is CN=C(NCc1cccc(N(C)C)c1)NCc1ccccc1-n1nc(C)cc1C. The third-order valence-corrected chi connectivity index (χ3v) is 4.79. The van der Waals surface area contributed by atoms with Crippen LogP contribution in [0.25, 0.3) is 5.69 Å². The van der Waals surface area contributed by atoms with Gasteiger partial charge in [-0.25, -0.2) is 4.68 Å². The molecule has 2 N–H and O–H groups in total. The molecule has 0 aliphatic heterocycles. The number of aromatic nitrogens is 2. The van der Waals surface area contributed by atoms with Gasteiger partial charge in [0, 0.05) is 45.6 Å². The zero-order valence-electron chi connectivity index (χ0n) is 17.9. The molecule has 152 valence electrons. The quantitative estimate of drug-likeness (QED) is 0.500. The van der Waals surface area contributed by atoms with E-state index in [4.69, 9.17) is 0 Å². The Morgan fingerprint density at radius 2 is 1.76 bits per heavy atom. The van der Waals surface area contributed by atoms with Crippen molar-refractivity contribution in [3.8, 4) is 5.69 Å². The minimum Gasteiger partial charge on any atom is -0.378 e. The van der Waals surface area contributed by atoms with Crippen LogP contribution in [0.4, 0.5) is 5.69 Å². The summed E-state index contributed by atoms with van der Waals surface area (Å²) in [5.74, 6) is 0.767. The molecule has 0 spiro atoms. The van der Waals surface area contributed by atoms with Crippen LogP contribution < -0.4 is 15.5 Å². The van der Waals surface area contributed by atoms with E-state index in [-0.39, 0.29) is 0 Å². The standard InChI is InChI=1S/C23H30N6/c1-17-13-18(2)29(27-17)22-12-7-6-10-20(22)16-26-23(24-3)25-15-19-9-8-11-21(14-19)28(4)5/h6-14H,15-16H2,1-5H3,(H2,24,25,26). The summed E-state index contributed by atoms with van der Waals surface area (Å²) in [4.78, 5) is 6.47. The lowest BCUT2D eigenvalue weighted by atomic mass is 10.1. The Balaban J connectivity index is 1.66. The number of aryl methyl sites for hydroxylation is 2. The summed E-state index contributed by atoms with van der Waals surface area (Å²) in [6.45, 7) is 5.46. The van der Waals surface area contributed by atoms with E-state index >= 15 is 0 Å². The summed E-state index contributed by atoms with van der Waals surface area (Å²) in [6.07, 6.45) is 0. The highest BCUT2D eigenvalue weighted by atomic mass is 15.3. The van der Waals surface area contributed by atoms with E-state index in [0.717, 1.165) is 28.6 Å². The number of nitrogens with zero attached hydrogens (tertiary/aromatic N) is 4. The highest BCUT2D eigenvalue weighted by molar-refractivity contribution is 5.79. The Morgan fingerprint density at radius 3 is 2.45 bits per heavy atom. The molecule has 29 heavy (non-hydrogen) atoms. The first-order valence-corrected chi connectivity index (χ1v) is 9.80. The van der Waals surface area contributed by atoms with Crippen LogP contribution in [0, 0.1) is 13.8 Å². The number of hydrogen-bond donors (Lipinski definition) is 2. The number of aliphatic imine (C=N–C) groups is 1. The molecule has 0 bridgehead atoms. The molecule has 0 aliphatic carbocycles. The molecule has 1 aromatic heterocycles. The minimum absolute atomic E-state index is 0.659. The van der Waals surface area contributed by atoms with Crippen molar-refractivity contribution in [1.29, 1.82) is 0 Å². The molecule has 0 saturated heterocycles. The third kappa shape index (κ3) is 5.16. The van der Waals surface area contributed by atoms with Gasteiger partial charge in [0.25, 0.3) is 0 Å². The molecule has 6 heteroatoms. The molecule has 3 aromatic rings. The zero-order chi connectivity index (χ0) is 20.8. The van der Waals surface area contributed by atoms with E-state index in [9.17, 15) is 0 Å². The number of guanidine groups is 1. The topological polar surface area (TPSA) is 57.5 Å². The van der Waals surface area contributed by atoms with Crippen LogP contribution >= 0.6 is 0 Å². The lowest BCUT2D eigenvalue weighted by Gasteiger charge is -2.16. The number of benzene rings is 2. The molecule has 0 saturated carbocycles. The molecule has 0 radical (unpaired) electrons. The first-order valence-electron chi connectivity index (χ1n) is 9.80. The maximum atomic E-state index is 4.63. The van der Waals surface area contributed by atoms with Gasteiger partial charge in [0.15, 0.2) is 5.96 Å². The largest absolute Gasteiger partial charge is 0.378 e. The number of rotatable bonds is 6. The van der Waals surface area contributed by atoms with Crippen molar-refractivity contribution in [3.63, 3.8) is 0 Å². The average Bonchev–Trinajstić information content (AvgIpc) is 3.06. The van der Waals surface area contributed by atoms with Crippen LogP contribution in [0.3, 0.4) is 0 Å². The van der Waals surface area contributed by atoms with Crippen LogP contribution in [-0.2, 0) is 13.1 Å². The second-order valence-electron chi connectivity index (χ2n) is 7.31. The Labute approximate surface area is 173 Å². The van der Waals surface area contributed by atoms with Crippen molar-refractivity contribution in [2.45, 2.75) is 26.9 Å². The van der Waals surface area contributed by atoms with Gasteiger partial charge in [-0.2, -0.15) is 5.10 Å². The van der Waals surface area contributed by atoms with Crippen molar-refractivity contribution in [2.24, 2.45) is 4.99 Å². The molecule has 0 amide bonds. The molecule has 2 aromatic carbocycles. The van der Waals surface area contributed by atoms with Crippen LogP contribution in [0.2, 0.25) is 0 Å². The Morgan fingerprint density at radius 1 is 1.00 bits per heavy atom. The minimum atomic E-state index is 0.659. The van der Waals surface area contributed by atoms with Crippen molar-refractivity contribution in [3.05, 3.63) is 77.1 Å². The summed E-state index contributed by atoms with van der Waals surface area (Å²) in [5.41, 5.74) is 6.78. The van der Waals surface area contributed by atoms with Gasteiger partial charge in [-0.3, -0.25) is 4.99 Å². The summed E-state index contributed by atoms with van der Waals surface area (Å²) < 4.78 is 2.00. The first kappa shape index (κ1) is 20.5. The van der Waals surface area contributed by atoms with E-state index in [1.54, 1.807) is 7.05 Å².